The third-order valence-electron chi connectivity index (χ3n) is 9.33. The Hall–Kier alpha value is -4.94. The molecule has 0 atom stereocenters. The fourth-order valence-corrected chi connectivity index (χ4v) is 7.32. The molecule has 0 nitrogen and oxygen atoms in total. The van der Waals surface area contributed by atoms with Crippen molar-refractivity contribution in [3.8, 4) is 44.5 Å². The van der Waals surface area contributed by atoms with Gasteiger partial charge in [0.25, 0.3) is 0 Å². The second-order valence-corrected chi connectivity index (χ2v) is 12.2. The lowest BCUT2D eigenvalue weighted by Crippen LogP contribution is -2.14. The highest BCUT2D eigenvalue weighted by atomic mass is 14.4. The van der Waals surface area contributed by atoms with E-state index in [1.807, 2.05) is 0 Å². The molecule has 0 N–H and O–H groups in total. The lowest BCUT2D eigenvalue weighted by atomic mass is 9.80. The highest BCUT2D eigenvalue weighted by molar-refractivity contribution is 6.22. The van der Waals surface area contributed by atoms with E-state index in [1.165, 1.54) is 82.7 Å². The summed E-state index contributed by atoms with van der Waals surface area (Å²) in [7, 11) is 0. The first-order valence-electron chi connectivity index (χ1n) is 14.9. The van der Waals surface area contributed by atoms with Gasteiger partial charge in [-0.15, -0.1) is 0 Å². The van der Waals surface area contributed by atoms with Crippen molar-refractivity contribution in [2.45, 2.75) is 26.2 Å². The summed E-state index contributed by atoms with van der Waals surface area (Å²) < 4.78 is 0. The zero-order valence-electron chi connectivity index (χ0n) is 24.3. The van der Waals surface area contributed by atoms with E-state index in [1.54, 1.807) is 0 Å². The van der Waals surface area contributed by atoms with E-state index in [0.717, 1.165) is 0 Å². The van der Waals surface area contributed by atoms with Crippen molar-refractivity contribution >= 4 is 21.5 Å². The van der Waals surface area contributed by atoms with Crippen LogP contribution in [0.1, 0.15) is 30.5 Å². The second kappa shape index (κ2) is 9.29. The van der Waals surface area contributed by atoms with E-state index < -0.39 is 0 Å². The minimum atomic E-state index is -0.0436. The van der Waals surface area contributed by atoms with Gasteiger partial charge < -0.3 is 0 Å². The van der Waals surface area contributed by atoms with Crippen molar-refractivity contribution in [3.05, 3.63) is 156 Å². The Balaban J connectivity index is 1.46. The van der Waals surface area contributed by atoms with Gasteiger partial charge in [0, 0.05) is 5.41 Å². The molecule has 1 aliphatic carbocycles. The fraction of sp³-hybridized carbons (Fsp3) is 0.0952. The number of rotatable bonds is 3. The molecule has 0 heterocycles. The molecule has 0 bridgehead atoms. The Labute approximate surface area is 247 Å². The lowest BCUT2D eigenvalue weighted by Gasteiger charge is -2.23. The molecule has 0 aromatic heterocycles. The summed E-state index contributed by atoms with van der Waals surface area (Å²) in [6.07, 6.45) is 0. The number of aryl methyl sites for hydroxylation is 1. The van der Waals surface area contributed by atoms with E-state index in [4.69, 9.17) is 0 Å². The van der Waals surface area contributed by atoms with Crippen LogP contribution in [-0.2, 0) is 5.41 Å². The first-order valence-corrected chi connectivity index (χ1v) is 14.9. The van der Waals surface area contributed by atoms with Crippen LogP contribution in [0, 0.1) is 6.92 Å². The van der Waals surface area contributed by atoms with Crippen LogP contribution in [0.2, 0.25) is 0 Å². The van der Waals surface area contributed by atoms with Crippen molar-refractivity contribution in [1.82, 2.24) is 0 Å². The molecule has 7 aromatic rings. The standard InChI is InChI=1S/C42H32/c1-27-21-23-36-37(25-27)40(29-22-24-32-31-16-11-12-20-38(31)42(2,3)39(32)26-29)34-18-9-10-19-35(34)41(36)33-17-8-7-15-30(33)28-13-5-4-6-14-28/h4-26H,1-3H3. The van der Waals surface area contributed by atoms with Gasteiger partial charge in [0.2, 0.25) is 0 Å². The van der Waals surface area contributed by atoms with Gasteiger partial charge in [0.05, 0.1) is 0 Å². The molecule has 0 heteroatoms. The van der Waals surface area contributed by atoms with E-state index >= 15 is 0 Å². The number of hydrogen-bond acceptors (Lipinski definition) is 0. The molecular formula is C42H32. The van der Waals surface area contributed by atoms with Gasteiger partial charge >= 0.3 is 0 Å². The maximum Gasteiger partial charge on any atom is 0.0159 e. The molecule has 0 unspecified atom stereocenters. The van der Waals surface area contributed by atoms with Crippen LogP contribution in [0.15, 0.2) is 140 Å². The Kier molecular flexibility index (Phi) is 5.49. The molecule has 0 aliphatic heterocycles. The zero-order chi connectivity index (χ0) is 28.4. The van der Waals surface area contributed by atoms with Gasteiger partial charge in [-0.1, -0.05) is 153 Å². The van der Waals surface area contributed by atoms with E-state index in [-0.39, 0.29) is 5.41 Å². The summed E-state index contributed by atoms with van der Waals surface area (Å²) in [4.78, 5) is 0. The van der Waals surface area contributed by atoms with Gasteiger partial charge in [-0.2, -0.15) is 0 Å². The van der Waals surface area contributed by atoms with Crippen LogP contribution in [0.5, 0.6) is 0 Å². The normalized spacial score (nSPS) is 13.3. The van der Waals surface area contributed by atoms with Crippen molar-refractivity contribution < 1.29 is 0 Å². The first kappa shape index (κ1) is 24.8. The molecule has 1 aliphatic rings. The van der Waals surface area contributed by atoms with Gasteiger partial charge in [0.1, 0.15) is 0 Å². The Morgan fingerprint density at radius 2 is 0.976 bits per heavy atom. The first-order chi connectivity index (χ1) is 20.5. The Morgan fingerprint density at radius 1 is 0.381 bits per heavy atom. The van der Waals surface area contributed by atoms with Crippen LogP contribution < -0.4 is 0 Å². The molecule has 0 saturated carbocycles. The molecule has 0 fully saturated rings. The maximum atomic E-state index is 2.47. The molecule has 0 spiro atoms. The molecule has 0 radical (unpaired) electrons. The Morgan fingerprint density at radius 3 is 1.76 bits per heavy atom. The van der Waals surface area contributed by atoms with Gasteiger partial charge in [-0.05, 0) is 90.2 Å². The molecule has 7 aromatic carbocycles. The Bertz CT molecular complexity index is 2160. The average Bonchev–Trinajstić information content (AvgIpc) is 3.26. The summed E-state index contributed by atoms with van der Waals surface area (Å²) >= 11 is 0. The highest BCUT2D eigenvalue weighted by Gasteiger charge is 2.35. The van der Waals surface area contributed by atoms with Crippen LogP contribution in [-0.4, -0.2) is 0 Å². The van der Waals surface area contributed by atoms with Gasteiger partial charge in [-0.3, -0.25) is 0 Å². The van der Waals surface area contributed by atoms with Gasteiger partial charge in [-0.25, -0.2) is 0 Å². The fourth-order valence-electron chi connectivity index (χ4n) is 7.32. The van der Waals surface area contributed by atoms with E-state index in [0.29, 0.717) is 0 Å². The van der Waals surface area contributed by atoms with Crippen LogP contribution in [0.4, 0.5) is 0 Å². The van der Waals surface area contributed by atoms with Crippen molar-refractivity contribution in [3.63, 3.8) is 0 Å². The molecule has 0 saturated heterocycles. The predicted molar refractivity (Wildman–Crippen MR) is 180 cm³/mol. The molecule has 200 valence electrons. The predicted octanol–water partition coefficient (Wildman–Crippen LogP) is 11.6. The summed E-state index contributed by atoms with van der Waals surface area (Å²) in [6.45, 7) is 6.94. The minimum Gasteiger partial charge on any atom is -0.0622 e. The van der Waals surface area contributed by atoms with E-state index in [2.05, 4.69) is 160 Å². The minimum absolute atomic E-state index is 0.0436. The average molecular weight is 537 g/mol. The van der Waals surface area contributed by atoms with Crippen LogP contribution in [0.25, 0.3) is 66.1 Å². The summed E-state index contributed by atoms with van der Waals surface area (Å²) in [5, 5.41) is 5.18. The number of fused-ring (bicyclic) bond motifs is 5. The van der Waals surface area contributed by atoms with Crippen molar-refractivity contribution in [1.29, 1.82) is 0 Å². The topological polar surface area (TPSA) is 0 Å². The molecule has 42 heavy (non-hydrogen) atoms. The third kappa shape index (κ3) is 3.62. The second-order valence-electron chi connectivity index (χ2n) is 12.2. The zero-order valence-corrected chi connectivity index (χ0v) is 24.3. The third-order valence-corrected chi connectivity index (χ3v) is 9.33. The largest absolute Gasteiger partial charge is 0.0622 e. The van der Waals surface area contributed by atoms with Crippen LogP contribution >= 0.6 is 0 Å². The smallest absolute Gasteiger partial charge is 0.0159 e. The van der Waals surface area contributed by atoms with Crippen molar-refractivity contribution in [2.24, 2.45) is 0 Å². The monoisotopic (exact) mass is 536 g/mol. The summed E-state index contributed by atoms with van der Waals surface area (Å²) in [5.74, 6) is 0. The quantitative estimate of drug-likeness (QED) is 0.197. The lowest BCUT2D eigenvalue weighted by molar-refractivity contribution is 0.660. The van der Waals surface area contributed by atoms with E-state index in [9.17, 15) is 0 Å². The number of benzene rings is 7. The summed E-state index contributed by atoms with van der Waals surface area (Å²) in [5.41, 5.74) is 14.4. The maximum absolute atomic E-state index is 2.47. The SMILES string of the molecule is Cc1ccc2c(-c3ccccc3-c3ccccc3)c3ccccc3c(-c3ccc4c(c3)C(C)(C)c3ccccc3-4)c2c1. The van der Waals surface area contributed by atoms with Crippen LogP contribution in [0.3, 0.4) is 0 Å². The van der Waals surface area contributed by atoms with Gasteiger partial charge in [0.15, 0.2) is 0 Å². The highest BCUT2D eigenvalue weighted by Crippen LogP contribution is 2.51. The molecule has 8 rings (SSSR count). The van der Waals surface area contributed by atoms with Crippen molar-refractivity contribution in [2.75, 3.05) is 0 Å². The molecular weight excluding hydrogens is 504 g/mol. The molecule has 0 amide bonds. The number of hydrogen-bond donors (Lipinski definition) is 0. The summed E-state index contributed by atoms with van der Waals surface area (Å²) in [6, 6.07) is 51.7.